The van der Waals surface area contributed by atoms with Gasteiger partial charge in [-0.05, 0) is 54.3 Å². The number of urea groups is 1. The highest BCUT2D eigenvalue weighted by Gasteiger charge is 2.53. The molecule has 7 nitrogen and oxygen atoms in total. The van der Waals surface area contributed by atoms with Gasteiger partial charge in [0.05, 0.1) is 11.3 Å². The van der Waals surface area contributed by atoms with E-state index >= 15 is 0 Å². The minimum atomic E-state index is -0.760. The van der Waals surface area contributed by atoms with Crippen LogP contribution in [-0.2, 0) is 11.2 Å². The molecule has 2 aliphatic heterocycles. The summed E-state index contributed by atoms with van der Waals surface area (Å²) in [7, 11) is 0. The molecule has 3 aromatic carbocycles. The van der Waals surface area contributed by atoms with Crippen molar-refractivity contribution in [2.45, 2.75) is 56.7 Å². The summed E-state index contributed by atoms with van der Waals surface area (Å²) < 4.78 is 13.9. The number of carbonyl (C=O) groups excluding carboxylic acids is 3. The molecule has 0 bridgehead atoms. The van der Waals surface area contributed by atoms with Gasteiger partial charge in [0.15, 0.2) is 0 Å². The van der Waals surface area contributed by atoms with E-state index in [1.165, 1.54) is 18.6 Å². The van der Waals surface area contributed by atoms with Crippen LogP contribution in [0, 0.1) is 5.82 Å². The number of carbonyl (C=O) groups is 3. The lowest BCUT2D eigenvalue weighted by Crippen LogP contribution is -2.44. The van der Waals surface area contributed by atoms with Crippen molar-refractivity contribution < 1.29 is 18.8 Å². The van der Waals surface area contributed by atoms with Crippen molar-refractivity contribution in [2.24, 2.45) is 0 Å². The molecule has 2 N–H and O–H groups in total. The molecule has 1 saturated carbocycles. The molecule has 2 atom stereocenters. The van der Waals surface area contributed by atoms with Gasteiger partial charge in [-0.2, -0.15) is 0 Å². The Bertz CT molecular complexity index is 1640. The molecule has 7 rings (SSSR count). The topological polar surface area (TPSA) is 85.5 Å². The molecule has 1 saturated heterocycles. The summed E-state index contributed by atoms with van der Waals surface area (Å²) in [5, 5.41) is 4.11. The Balaban J connectivity index is 1.30. The number of benzene rings is 3. The Morgan fingerprint density at radius 2 is 1.62 bits per heavy atom. The summed E-state index contributed by atoms with van der Waals surface area (Å²) in [6, 6.07) is 18.9. The lowest BCUT2D eigenvalue weighted by atomic mass is 9.89. The van der Waals surface area contributed by atoms with Crippen LogP contribution in [0.15, 0.2) is 72.8 Å². The second-order valence-electron chi connectivity index (χ2n) is 10.9. The van der Waals surface area contributed by atoms with Gasteiger partial charge in [-0.1, -0.05) is 61.7 Å². The van der Waals surface area contributed by atoms with E-state index in [0.717, 1.165) is 52.7 Å². The summed E-state index contributed by atoms with van der Waals surface area (Å²) in [5.74, 6) is -1.03. The lowest BCUT2D eigenvalue weighted by Gasteiger charge is -2.36. The third-order valence-corrected chi connectivity index (χ3v) is 8.56. The normalized spacial score (nSPS) is 21.0. The first kappa shape index (κ1) is 24.6. The van der Waals surface area contributed by atoms with E-state index in [9.17, 15) is 18.8 Å². The van der Waals surface area contributed by atoms with Crippen LogP contribution < -0.4 is 10.2 Å². The molecule has 1 aromatic heterocycles. The fourth-order valence-corrected chi connectivity index (χ4v) is 6.66. The number of anilines is 1. The smallest absolute Gasteiger partial charge is 0.332 e. The summed E-state index contributed by atoms with van der Waals surface area (Å²) in [5.41, 5.74) is 3.99. The van der Waals surface area contributed by atoms with E-state index in [1.807, 2.05) is 24.3 Å². The zero-order valence-corrected chi connectivity index (χ0v) is 21.9. The third kappa shape index (κ3) is 3.89. The first-order chi connectivity index (χ1) is 19.5. The minimum Gasteiger partial charge on any atom is -0.356 e. The molecule has 0 spiro atoms. The number of hydrogen-bond acceptors (Lipinski definition) is 3. The van der Waals surface area contributed by atoms with Gasteiger partial charge in [0, 0.05) is 29.1 Å². The second kappa shape index (κ2) is 9.62. The molecular weight excluding hydrogens is 507 g/mol. The van der Waals surface area contributed by atoms with Crippen LogP contribution in [0.2, 0.25) is 0 Å². The molecule has 3 aliphatic rings. The highest BCUT2D eigenvalue weighted by molar-refractivity contribution is 6.24. The fourth-order valence-electron chi connectivity index (χ4n) is 6.66. The van der Waals surface area contributed by atoms with Crippen LogP contribution in [0.3, 0.4) is 0 Å². The molecule has 8 heteroatoms. The van der Waals surface area contributed by atoms with Crippen LogP contribution in [0.1, 0.15) is 65.3 Å². The number of hydrogen-bond donors (Lipinski definition) is 2. The first-order valence-electron chi connectivity index (χ1n) is 13.9. The Hall–Kier alpha value is -4.46. The molecule has 3 heterocycles. The number of rotatable bonds is 4. The molecule has 40 heavy (non-hydrogen) atoms. The van der Waals surface area contributed by atoms with Gasteiger partial charge in [-0.25, -0.2) is 14.1 Å². The number of para-hydroxylation sites is 2. The van der Waals surface area contributed by atoms with E-state index in [-0.39, 0.29) is 29.4 Å². The number of nitrogens with one attached hydrogen (secondary N) is 2. The SMILES string of the molecule is O=C(NC1CCCCC1)c1ccccc1N1C(=O)[C@@H]2Cc3c([nH]c4ccccc34)C(c3ccc(F)cc3)N2C1=O. The van der Waals surface area contributed by atoms with Crippen LogP contribution in [0.25, 0.3) is 10.9 Å². The highest BCUT2D eigenvalue weighted by Crippen LogP contribution is 2.45. The van der Waals surface area contributed by atoms with E-state index in [1.54, 1.807) is 41.3 Å². The zero-order valence-electron chi connectivity index (χ0n) is 21.9. The van der Waals surface area contributed by atoms with Gasteiger partial charge < -0.3 is 10.3 Å². The lowest BCUT2D eigenvalue weighted by molar-refractivity contribution is -0.120. The van der Waals surface area contributed by atoms with Crippen LogP contribution >= 0.6 is 0 Å². The molecule has 4 amide bonds. The number of H-pyrrole nitrogens is 1. The number of aromatic amines is 1. The van der Waals surface area contributed by atoms with E-state index < -0.39 is 18.1 Å². The van der Waals surface area contributed by atoms with Crippen LogP contribution in [0.5, 0.6) is 0 Å². The molecule has 1 aliphatic carbocycles. The maximum Gasteiger partial charge on any atom is 0.332 e. The number of imide groups is 1. The summed E-state index contributed by atoms with van der Waals surface area (Å²) in [4.78, 5) is 47.9. The highest BCUT2D eigenvalue weighted by atomic mass is 19.1. The molecule has 202 valence electrons. The Morgan fingerprint density at radius 3 is 2.42 bits per heavy atom. The number of halogens is 1. The van der Waals surface area contributed by atoms with Gasteiger partial charge in [0.2, 0.25) is 0 Å². The van der Waals surface area contributed by atoms with Crippen LogP contribution in [-0.4, -0.2) is 39.8 Å². The third-order valence-electron chi connectivity index (χ3n) is 8.56. The maximum atomic E-state index is 14.2. The standard InChI is InChI=1S/C32H29FN4O3/c33-20-16-14-19(15-17-20)29-28-24(22-10-4-6-12-25(22)35-28)18-27-31(39)37(32(40)36(27)29)26-13-7-5-11-23(26)30(38)34-21-8-2-1-3-9-21/h4-7,10-17,21,27,29,35H,1-3,8-9,18H2,(H,34,38)/t27-,29?/m0/s1. The number of nitrogens with zero attached hydrogens (tertiary/aromatic N) is 2. The van der Waals surface area contributed by atoms with E-state index in [4.69, 9.17) is 0 Å². The summed E-state index contributed by atoms with van der Waals surface area (Å²) >= 11 is 0. The molecule has 0 radical (unpaired) electrons. The van der Waals surface area contributed by atoms with Gasteiger partial charge in [-0.15, -0.1) is 0 Å². The van der Waals surface area contributed by atoms with E-state index in [0.29, 0.717) is 17.5 Å². The molecule has 2 fully saturated rings. The Labute approximate surface area is 231 Å². The molecule has 1 unspecified atom stereocenters. The quantitative estimate of drug-likeness (QED) is 0.321. The number of aromatic nitrogens is 1. The number of fused-ring (bicyclic) bond motifs is 4. The Morgan fingerprint density at radius 1 is 0.900 bits per heavy atom. The zero-order chi connectivity index (χ0) is 27.4. The van der Waals surface area contributed by atoms with Crippen molar-refractivity contribution in [2.75, 3.05) is 4.90 Å². The maximum absolute atomic E-state index is 14.2. The van der Waals surface area contributed by atoms with Gasteiger partial charge in [-0.3, -0.25) is 14.5 Å². The van der Waals surface area contributed by atoms with Gasteiger partial charge >= 0.3 is 6.03 Å². The first-order valence-corrected chi connectivity index (χ1v) is 13.9. The predicted octanol–water partition coefficient (Wildman–Crippen LogP) is 5.85. The van der Waals surface area contributed by atoms with Crippen molar-refractivity contribution in [1.82, 2.24) is 15.2 Å². The van der Waals surface area contributed by atoms with Crippen molar-refractivity contribution in [3.05, 3.63) is 101 Å². The van der Waals surface area contributed by atoms with Crippen molar-refractivity contribution in [3.8, 4) is 0 Å². The average molecular weight is 537 g/mol. The molecule has 4 aromatic rings. The molecular formula is C32H29FN4O3. The average Bonchev–Trinajstić information content (AvgIpc) is 3.47. The summed E-state index contributed by atoms with van der Waals surface area (Å²) in [6.45, 7) is 0. The summed E-state index contributed by atoms with van der Waals surface area (Å²) in [6.07, 6.45) is 5.52. The van der Waals surface area contributed by atoms with Gasteiger partial charge in [0.25, 0.3) is 11.8 Å². The van der Waals surface area contributed by atoms with E-state index in [2.05, 4.69) is 10.3 Å². The second-order valence-corrected chi connectivity index (χ2v) is 10.9. The fraction of sp³-hybridized carbons (Fsp3) is 0.281. The largest absolute Gasteiger partial charge is 0.356 e. The van der Waals surface area contributed by atoms with Crippen molar-refractivity contribution in [1.29, 1.82) is 0 Å². The monoisotopic (exact) mass is 536 g/mol. The van der Waals surface area contributed by atoms with Crippen LogP contribution in [0.4, 0.5) is 14.9 Å². The predicted molar refractivity (Wildman–Crippen MR) is 150 cm³/mol. The van der Waals surface area contributed by atoms with Crippen molar-refractivity contribution >= 4 is 34.4 Å². The number of amides is 4. The van der Waals surface area contributed by atoms with Crippen molar-refractivity contribution in [3.63, 3.8) is 0 Å². The Kier molecular flexibility index (Phi) is 5.91. The van der Waals surface area contributed by atoms with Gasteiger partial charge in [0.1, 0.15) is 17.9 Å². The minimum absolute atomic E-state index is 0.0896.